The van der Waals surface area contributed by atoms with Crippen LogP contribution in [-0.4, -0.2) is 42.4 Å². The quantitative estimate of drug-likeness (QED) is 0.186. The summed E-state index contributed by atoms with van der Waals surface area (Å²) in [5.74, 6) is 2.64. The molecule has 3 fully saturated rings. The van der Waals surface area contributed by atoms with E-state index in [1.165, 1.54) is 24.8 Å². The van der Waals surface area contributed by atoms with Gasteiger partial charge in [-0.1, -0.05) is 24.6 Å². The predicted molar refractivity (Wildman–Crippen MR) is 147 cm³/mol. The van der Waals surface area contributed by atoms with Crippen LogP contribution in [0, 0.1) is 34.5 Å². The fourth-order valence-corrected chi connectivity index (χ4v) is 8.24. The molecule has 0 aromatic heterocycles. The Kier molecular flexibility index (Phi) is 8.29. The van der Waals surface area contributed by atoms with Gasteiger partial charge in [-0.2, -0.15) is 0 Å². The van der Waals surface area contributed by atoms with Crippen molar-refractivity contribution in [3.63, 3.8) is 0 Å². The van der Waals surface area contributed by atoms with Crippen molar-refractivity contribution in [2.75, 3.05) is 13.1 Å². The first-order chi connectivity index (χ1) is 17.8. The maximum atomic E-state index is 12.2. The van der Waals surface area contributed by atoms with Crippen molar-refractivity contribution in [2.24, 2.45) is 39.7 Å². The summed E-state index contributed by atoms with van der Waals surface area (Å²) in [7, 11) is 0. The minimum atomic E-state index is -0.573. The maximum absolute atomic E-state index is 12.2. The number of alkyl carbamates (subject to hydrolysis) is 1. The molecule has 0 aliphatic heterocycles. The number of nitrogens with zero attached hydrogens (tertiary/aromatic N) is 1. The Hall–Kier alpha value is -2.38. The van der Waals surface area contributed by atoms with Crippen molar-refractivity contribution in [3.05, 3.63) is 11.6 Å². The van der Waals surface area contributed by atoms with Crippen LogP contribution in [0.4, 0.5) is 9.59 Å². The van der Waals surface area contributed by atoms with Crippen LogP contribution >= 0.6 is 0 Å². The maximum Gasteiger partial charge on any atom is 0.433 e. The highest BCUT2D eigenvalue weighted by molar-refractivity contribution is 5.91. The molecule has 2 amide bonds. The number of ether oxygens (including phenoxy) is 1. The van der Waals surface area contributed by atoms with Crippen LogP contribution in [-0.2, 0) is 14.4 Å². The lowest BCUT2D eigenvalue weighted by Gasteiger charge is -2.58. The van der Waals surface area contributed by atoms with E-state index in [0.717, 1.165) is 31.4 Å². The van der Waals surface area contributed by atoms with E-state index in [1.807, 2.05) is 33.8 Å². The van der Waals surface area contributed by atoms with Gasteiger partial charge in [0.1, 0.15) is 5.60 Å². The minimum Gasteiger partial charge on any atom is -0.444 e. The summed E-state index contributed by atoms with van der Waals surface area (Å²) in [6.07, 6.45) is 10.1. The highest BCUT2D eigenvalue weighted by atomic mass is 16.7. The van der Waals surface area contributed by atoms with Crippen LogP contribution in [0.1, 0.15) is 99.3 Å². The number of oxime groups is 1. The number of rotatable bonds is 6. The number of hydrogen-bond acceptors (Lipinski definition) is 6. The van der Waals surface area contributed by atoms with Gasteiger partial charge in [-0.05, 0) is 114 Å². The summed E-state index contributed by atoms with van der Waals surface area (Å²) < 4.78 is 5.19. The monoisotopic (exact) mass is 529 g/mol. The van der Waals surface area contributed by atoms with Gasteiger partial charge in [0.25, 0.3) is 0 Å². The number of carbonyl (C=O) groups excluding carboxylic acids is 3. The van der Waals surface area contributed by atoms with Gasteiger partial charge in [0.05, 0.1) is 5.71 Å². The van der Waals surface area contributed by atoms with Crippen molar-refractivity contribution in [2.45, 2.75) is 105 Å². The van der Waals surface area contributed by atoms with Crippen LogP contribution in [0.5, 0.6) is 0 Å². The lowest BCUT2D eigenvalue weighted by atomic mass is 9.46. The molecule has 8 heteroatoms. The van der Waals surface area contributed by atoms with E-state index in [-0.39, 0.29) is 10.8 Å². The zero-order chi connectivity index (χ0) is 27.7. The van der Waals surface area contributed by atoms with Crippen LogP contribution < -0.4 is 10.6 Å². The zero-order valence-electron chi connectivity index (χ0n) is 24.2. The Morgan fingerprint density at radius 2 is 1.71 bits per heavy atom. The first-order valence-electron chi connectivity index (χ1n) is 14.5. The SMILES string of the molecule is C/C(=N\OC(=O)NCCCNC(=O)OC(C)(C)C)[C@H]1CC[C@H]2[C@@H]3CCC4=CC(=O)CC[C@]4(C)[C@H]3CC[C@]12C. The fraction of sp³-hybridized carbons (Fsp3) is 0.800. The van der Waals surface area contributed by atoms with Gasteiger partial charge in [-0.3, -0.25) is 9.63 Å². The molecule has 4 aliphatic rings. The molecule has 38 heavy (non-hydrogen) atoms. The van der Waals surface area contributed by atoms with Gasteiger partial charge in [0.2, 0.25) is 0 Å². The van der Waals surface area contributed by atoms with Gasteiger partial charge in [-0.25, -0.2) is 9.59 Å². The van der Waals surface area contributed by atoms with E-state index < -0.39 is 17.8 Å². The number of nitrogens with one attached hydrogen (secondary N) is 2. The molecule has 0 heterocycles. The third-order valence-electron chi connectivity index (χ3n) is 10.0. The second-order valence-corrected chi connectivity index (χ2v) is 13.5. The highest BCUT2D eigenvalue weighted by Crippen LogP contribution is 2.66. The average molecular weight is 530 g/mol. The lowest BCUT2D eigenvalue weighted by Crippen LogP contribution is -2.51. The number of amides is 2. The average Bonchev–Trinajstić information content (AvgIpc) is 3.19. The summed E-state index contributed by atoms with van der Waals surface area (Å²) in [5.41, 5.74) is 2.13. The van der Waals surface area contributed by atoms with Gasteiger partial charge in [0.15, 0.2) is 5.78 Å². The van der Waals surface area contributed by atoms with Crippen molar-refractivity contribution in [3.8, 4) is 0 Å². The normalized spacial score (nSPS) is 34.8. The third-order valence-corrected chi connectivity index (χ3v) is 10.0. The van der Waals surface area contributed by atoms with E-state index in [0.29, 0.717) is 55.4 Å². The van der Waals surface area contributed by atoms with Gasteiger partial charge in [-0.15, -0.1) is 0 Å². The molecule has 0 bridgehead atoms. The minimum absolute atomic E-state index is 0.171. The molecule has 0 aromatic rings. The molecule has 4 aliphatic carbocycles. The van der Waals surface area contributed by atoms with Gasteiger partial charge < -0.3 is 15.4 Å². The van der Waals surface area contributed by atoms with Gasteiger partial charge in [0, 0.05) is 25.4 Å². The van der Waals surface area contributed by atoms with Crippen LogP contribution in [0.2, 0.25) is 0 Å². The topological polar surface area (TPSA) is 106 Å². The first-order valence-corrected chi connectivity index (χ1v) is 14.5. The van der Waals surface area contributed by atoms with Crippen LogP contribution in [0.3, 0.4) is 0 Å². The highest BCUT2D eigenvalue weighted by Gasteiger charge is 2.59. The Morgan fingerprint density at radius 1 is 1.00 bits per heavy atom. The Balaban J connectivity index is 1.27. The number of hydrogen-bond donors (Lipinski definition) is 2. The molecule has 0 unspecified atom stereocenters. The smallest absolute Gasteiger partial charge is 0.433 e. The molecule has 3 saturated carbocycles. The predicted octanol–water partition coefficient (Wildman–Crippen LogP) is 6.15. The molecule has 2 N–H and O–H groups in total. The number of fused-ring (bicyclic) bond motifs is 5. The van der Waals surface area contributed by atoms with Crippen molar-refractivity contribution < 1.29 is 24.0 Å². The van der Waals surface area contributed by atoms with E-state index in [9.17, 15) is 14.4 Å². The Bertz CT molecular complexity index is 998. The summed E-state index contributed by atoms with van der Waals surface area (Å²) >= 11 is 0. The fourth-order valence-electron chi connectivity index (χ4n) is 8.24. The molecule has 0 aromatic carbocycles. The Morgan fingerprint density at radius 3 is 2.42 bits per heavy atom. The van der Waals surface area contributed by atoms with Crippen molar-refractivity contribution >= 4 is 23.7 Å². The summed E-state index contributed by atoms with van der Waals surface area (Å²) in [6, 6.07) is 0. The molecule has 0 radical (unpaired) electrons. The molecular formula is C30H47N3O5. The molecule has 0 spiro atoms. The third kappa shape index (κ3) is 5.94. The second-order valence-electron chi connectivity index (χ2n) is 13.5. The molecular weight excluding hydrogens is 482 g/mol. The molecule has 6 atom stereocenters. The zero-order valence-corrected chi connectivity index (χ0v) is 24.2. The standard InChI is InChI=1S/C30H47N3O5/c1-19(33-38-27(36)32-17-7-16-31-26(35)37-28(2,3)4)23-10-11-24-22-9-8-20-18-21(34)12-14-29(20,5)25(22)13-15-30(23,24)6/h18,22-25H,7-17H2,1-6H3,(H,31,35)(H,32,36)/b33-19+/t22-,23+,24-,25-,29-,30+/m0/s1. The first kappa shape index (κ1) is 28.6. The van der Waals surface area contributed by atoms with Crippen LogP contribution in [0.25, 0.3) is 0 Å². The lowest BCUT2D eigenvalue weighted by molar-refractivity contribution is -0.117. The molecule has 4 rings (SSSR count). The number of carbonyl (C=O) groups is 3. The van der Waals surface area contributed by atoms with Crippen molar-refractivity contribution in [1.29, 1.82) is 0 Å². The van der Waals surface area contributed by atoms with E-state index in [4.69, 9.17) is 9.57 Å². The Labute approximate surface area is 227 Å². The number of ketones is 1. The van der Waals surface area contributed by atoms with Crippen LogP contribution in [0.15, 0.2) is 16.8 Å². The number of allylic oxidation sites excluding steroid dienone is 1. The van der Waals surface area contributed by atoms with E-state index in [2.05, 4.69) is 29.6 Å². The molecule has 212 valence electrons. The van der Waals surface area contributed by atoms with Gasteiger partial charge >= 0.3 is 12.2 Å². The molecule has 0 saturated heterocycles. The van der Waals surface area contributed by atoms with Crippen molar-refractivity contribution in [1.82, 2.24) is 10.6 Å². The molecule has 8 nitrogen and oxygen atoms in total. The largest absolute Gasteiger partial charge is 0.444 e. The summed E-state index contributed by atoms with van der Waals surface area (Å²) in [6.45, 7) is 13.1. The second kappa shape index (κ2) is 11.0. The van der Waals surface area contributed by atoms with E-state index >= 15 is 0 Å². The summed E-state index contributed by atoms with van der Waals surface area (Å²) in [5, 5.41) is 9.64. The summed E-state index contributed by atoms with van der Waals surface area (Å²) in [4.78, 5) is 41.2. The van der Waals surface area contributed by atoms with E-state index in [1.54, 1.807) is 0 Å².